The molecule has 0 heterocycles. The molecule has 0 radical (unpaired) electrons. The number of benzene rings is 2. The summed E-state index contributed by atoms with van der Waals surface area (Å²) in [5.74, 6) is -0.201. The van der Waals surface area contributed by atoms with Gasteiger partial charge in [-0.2, -0.15) is 0 Å². The highest BCUT2D eigenvalue weighted by molar-refractivity contribution is 5.32. The summed E-state index contributed by atoms with van der Waals surface area (Å²) < 4.78 is 40.8. The summed E-state index contributed by atoms with van der Waals surface area (Å²) >= 11 is 0. The van der Waals surface area contributed by atoms with E-state index in [0.717, 1.165) is 11.1 Å². The van der Waals surface area contributed by atoms with Crippen LogP contribution in [-0.4, -0.2) is 13.4 Å². The molecule has 0 aliphatic carbocycles. The Morgan fingerprint density at radius 1 is 1.05 bits per heavy atom. The molecule has 0 fully saturated rings. The van der Waals surface area contributed by atoms with Crippen molar-refractivity contribution >= 4 is 0 Å². The number of hydrogen-bond acceptors (Lipinski definition) is 2. The van der Waals surface area contributed by atoms with Gasteiger partial charge in [-0.25, -0.2) is 0 Å². The summed E-state index contributed by atoms with van der Waals surface area (Å²) in [6.45, 7) is 0. The molecule has 2 aromatic rings. The molecular formula is C16H16F3NO. The maximum absolute atomic E-state index is 12.3. The summed E-state index contributed by atoms with van der Waals surface area (Å²) in [6.07, 6.45) is -3.99. The Labute approximate surface area is 121 Å². The van der Waals surface area contributed by atoms with Crippen LogP contribution in [-0.2, 0) is 6.42 Å². The molecule has 1 atom stereocenters. The molecule has 0 saturated heterocycles. The molecule has 2 nitrogen and oxygen atoms in total. The van der Waals surface area contributed by atoms with Crippen LogP contribution in [0.3, 0.4) is 0 Å². The third-order valence-corrected chi connectivity index (χ3v) is 3.13. The highest BCUT2D eigenvalue weighted by Crippen LogP contribution is 2.26. The second-order valence-corrected chi connectivity index (χ2v) is 4.65. The van der Waals surface area contributed by atoms with Crippen LogP contribution in [0.2, 0.25) is 0 Å². The predicted octanol–water partition coefficient (Wildman–Crippen LogP) is 4.09. The van der Waals surface area contributed by atoms with Crippen molar-refractivity contribution in [3.05, 3.63) is 65.7 Å². The second kappa shape index (κ2) is 6.63. The third kappa shape index (κ3) is 4.79. The van der Waals surface area contributed by atoms with E-state index in [0.29, 0.717) is 6.42 Å². The lowest BCUT2D eigenvalue weighted by Gasteiger charge is -2.18. The minimum atomic E-state index is -4.67. The summed E-state index contributed by atoms with van der Waals surface area (Å²) in [4.78, 5) is 0. The lowest BCUT2D eigenvalue weighted by atomic mass is 9.99. The quantitative estimate of drug-likeness (QED) is 0.897. The Hall–Kier alpha value is -2.01. The van der Waals surface area contributed by atoms with Gasteiger partial charge in [-0.05, 0) is 36.7 Å². The molecule has 1 unspecified atom stereocenters. The molecule has 5 heteroatoms. The summed E-state index contributed by atoms with van der Waals surface area (Å²) in [5.41, 5.74) is 1.86. The summed E-state index contributed by atoms with van der Waals surface area (Å²) in [7, 11) is 1.78. The molecule has 0 aliphatic rings. The maximum atomic E-state index is 12.3. The molecule has 21 heavy (non-hydrogen) atoms. The molecule has 1 N–H and O–H groups in total. The Bertz CT molecular complexity index is 569. The molecule has 0 aliphatic heterocycles. The van der Waals surface area contributed by atoms with Gasteiger partial charge in [0, 0.05) is 6.04 Å². The van der Waals surface area contributed by atoms with Gasteiger partial charge in [0.2, 0.25) is 0 Å². The van der Waals surface area contributed by atoms with Crippen LogP contribution in [0.4, 0.5) is 13.2 Å². The monoisotopic (exact) mass is 295 g/mol. The Balaban J connectivity index is 2.16. The molecule has 2 aromatic carbocycles. The van der Waals surface area contributed by atoms with Crippen molar-refractivity contribution in [1.82, 2.24) is 5.32 Å². The second-order valence-electron chi connectivity index (χ2n) is 4.65. The lowest BCUT2D eigenvalue weighted by molar-refractivity contribution is -0.274. The molecule has 0 aromatic heterocycles. The smallest absolute Gasteiger partial charge is 0.406 e. The average Bonchev–Trinajstić information content (AvgIpc) is 2.44. The number of rotatable bonds is 5. The first kappa shape index (κ1) is 15.4. The molecule has 112 valence electrons. The average molecular weight is 295 g/mol. The normalized spacial score (nSPS) is 13.0. The van der Waals surface area contributed by atoms with E-state index in [1.54, 1.807) is 19.2 Å². The minimum absolute atomic E-state index is 0.0795. The van der Waals surface area contributed by atoms with Gasteiger partial charge >= 0.3 is 6.36 Å². The van der Waals surface area contributed by atoms with Crippen molar-refractivity contribution in [3.63, 3.8) is 0 Å². The van der Waals surface area contributed by atoms with Crippen LogP contribution in [0.25, 0.3) is 0 Å². The van der Waals surface area contributed by atoms with Crippen LogP contribution >= 0.6 is 0 Å². The van der Waals surface area contributed by atoms with Crippen LogP contribution in [0.1, 0.15) is 17.2 Å². The van der Waals surface area contributed by atoms with Crippen molar-refractivity contribution in [1.29, 1.82) is 0 Å². The van der Waals surface area contributed by atoms with E-state index in [2.05, 4.69) is 10.1 Å². The van der Waals surface area contributed by atoms with Crippen molar-refractivity contribution < 1.29 is 17.9 Å². The van der Waals surface area contributed by atoms with Crippen LogP contribution in [0.5, 0.6) is 5.75 Å². The molecular weight excluding hydrogens is 279 g/mol. The Morgan fingerprint density at radius 3 is 2.38 bits per heavy atom. The zero-order valence-electron chi connectivity index (χ0n) is 11.5. The standard InChI is InChI=1S/C16H16F3NO/c1-20-15(10-12-6-3-2-4-7-12)13-8-5-9-14(11-13)21-16(17,18)19/h2-9,11,15,20H,10H2,1H3. The molecule has 0 spiro atoms. The number of hydrogen-bond donors (Lipinski definition) is 1. The van der Waals surface area contributed by atoms with E-state index in [4.69, 9.17) is 0 Å². The lowest BCUT2D eigenvalue weighted by Crippen LogP contribution is -2.20. The van der Waals surface area contributed by atoms with Crippen molar-refractivity contribution in [3.8, 4) is 5.75 Å². The zero-order chi connectivity index (χ0) is 15.3. The van der Waals surface area contributed by atoms with Gasteiger partial charge < -0.3 is 10.1 Å². The van der Waals surface area contributed by atoms with Crippen LogP contribution < -0.4 is 10.1 Å². The van der Waals surface area contributed by atoms with E-state index >= 15 is 0 Å². The van der Waals surface area contributed by atoms with Gasteiger partial charge in [-0.3, -0.25) is 0 Å². The third-order valence-electron chi connectivity index (χ3n) is 3.13. The molecule has 0 bridgehead atoms. The first-order chi connectivity index (χ1) is 9.98. The van der Waals surface area contributed by atoms with E-state index in [1.807, 2.05) is 30.3 Å². The van der Waals surface area contributed by atoms with Gasteiger partial charge in [-0.15, -0.1) is 13.2 Å². The van der Waals surface area contributed by atoms with Crippen LogP contribution in [0, 0.1) is 0 Å². The van der Waals surface area contributed by atoms with E-state index in [-0.39, 0.29) is 11.8 Å². The topological polar surface area (TPSA) is 21.3 Å². The number of nitrogens with one attached hydrogen (secondary N) is 1. The van der Waals surface area contributed by atoms with Gasteiger partial charge in [0.05, 0.1) is 0 Å². The van der Waals surface area contributed by atoms with Gasteiger partial charge in [0.25, 0.3) is 0 Å². The Kier molecular flexibility index (Phi) is 4.85. The maximum Gasteiger partial charge on any atom is 0.573 e. The van der Waals surface area contributed by atoms with E-state index in [9.17, 15) is 13.2 Å². The fourth-order valence-corrected chi connectivity index (χ4v) is 2.16. The van der Waals surface area contributed by atoms with E-state index in [1.165, 1.54) is 12.1 Å². The van der Waals surface area contributed by atoms with E-state index < -0.39 is 6.36 Å². The first-order valence-corrected chi connectivity index (χ1v) is 6.55. The fourth-order valence-electron chi connectivity index (χ4n) is 2.16. The van der Waals surface area contributed by atoms with Crippen molar-refractivity contribution in [2.45, 2.75) is 18.8 Å². The fraction of sp³-hybridized carbons (Fsp3) is 0.250. The number of ether oxygens (including phenoxy) is 1. The summed E-state index contributed by atoms with van der Waals surface area (Å²) in [6, 6.07) is 15.7. The highest BCUT2D eigenvalue weighted by atomic mass is 19.4. The van der Waals surface area contributed by atoms with Gasteiger partial charge in [0.15, 0.2) is 0 Å². The van der Waals surface area contributed by atoms with Gasteiger partial charge in [-0.1, -0.05) is 42.5 Å². The number of alkyl halides is 3. The minimum Gasteiger partial charge on any atom is -0.406 e. The number of likely N-dealkylation sites (N-methyl/N-ethyl adjacent to an activating group) is 1. The first-order valence-electron chi connectivity index (χ1n) is 6.55. The highest BCUT2D eigenvalue weighted by Gasteiger charge is 2.31. The molecule has 0 saturated carbocycles. The van der Waals surface area contributed by atoms with Crippen LogP contribution in [0.15, 0.2) is 54.6 Å². The zero-order valence-corrected chi connectivity index (χ0v) is 11.5. The Morgan fingerprint density at radius 2 is 1.76 bits per heavy atom. The van der Waals surface area contributed by atoms with Gasteiger partial charge in [0.1, 0.15) is 5.75 Å². The SMILES string of the molecule is CNC(Cc1ccccc1)c1cccc(OC(F)(F)F)c1. The predicted molar refractivity (Wildman–Crippen MR) is 75.1 cm³/mol. The molecule has 2 rings (SSSR count). The molecule has 0 amide bonds. The van der Waals surface area contributed by atoms with Crippen molar-refractivity contribution in [2.24, 2.45) is 0 Å². The number of halogens is 3. The van der Waals surface area contributed by atoms with Crippen molar-refractivity contribution in [2.75, 3.05) is 7.05 Å². The largest absolute Gasteiger partial charge is 0.573 e. The summed E-state index contributed by atoms with van der Waals surface area (Å²) in [5, 5.41) is 3.12.